The predicted octanol–water partition coefficient (Wildman–Crippen LogP) is 3.68. The van der Waals surface area contributed by atoms with Crippen LogP contribution in [-0.4, -0.2) is 24.5 Å². The Morgan fingerprint density at radius 3 is 1.80 bits per heavy atom. The molecule has 1 rings (SSSR count). The van der Waals surface area contributed by atoms with Gasteiger partial charge in [0.05, 0.1) is 12.6 Å². The van der Waals surface area contributed by atoms with E-state index in [4.69, 9.17) is 5.26 Å². The molecule has 0 atom stereocenters. The van der Waals surface area contributed by atoms with Crippen molar-refractivity contribution in [3.63, 3.8) is 0 Å². The van der Waals surface area contributed by atoms with Crippen molar-refractivity contribution in [2.45, 2.75) is 54.4 Å². The fraction of sp³-hybridized carbons (Fsp3) is 0.923. The van der Waals surface area contributed by atoms with Gasteiger partial charge in [0.25, 0.3) is 0 Å². The first-order valence-electron chi connectivity index (χ1n) is 6.23. The van der Waals surface area contributed by atoms with Crippen molar-refractivity contribution in [3.05, 3.63) is 0 Å². The largest absolute Gasteiger partial charge is 0.291 e. The summed E-state index contributed by atoms with van der Waals surface area (Å²) in [5.41, 5.74) is 0.506. The molecule has 0 spiro atoms. The van der Waals surface area contributed by atoms with Crippen LogP contribution in [0.25, 0.3) is 0 Å². The molecule has 1 aliphatic rings. The van der Waals surface area contributed by atoms with Crippen LogP contribution in [0.15, 0.2) is 0 Å². The molecule has 0 bridgehead atoms. The quantitative estimate of drug-likeness (QED) is 0.620. The highest BCUT2D eigenvalue weighted by Gasteiger charge is 2.24. The first-order chi connectivity index (χ1) is 7.14. The van der Waals surface area contributed by atoms with Crippen LogP contribution in [0.4, 0.5) is 0 Å². The van der Waals surface area contributed by atoms with Crippen LogP contribution in [-0.2, 0) is 0 Å². The summed E-state index contributed by atoms with van der Waals surface area (Å²) < 4.78 is 0. The van der Waals surface area contributed by atoms with Crippen molar-refractivity contribution in [2.75, 3.05) is 19.6 Å². The second kappa shape index (κ2) is 9.98. The zero-order valence-corrected chi connectivity index (χ0v) is 11.4. The van der Waals surface area contributed by atoms with Crippen LogP contribution < -0.4 is 0 Å². The van der Waals surface area contributed by atoms with Gasteiger partial charge in [-0.1, -0.05) is 41.5 Å². The zero-order chi connectivity index (χ0) is 12.3. The molecule has 1 fully saturated rings. The Morgan fingerprint density at radius 1 is 1.07 bits per heavy atom. The Kier molecular flexibility index (Phi) is 11.2. The summed E-state index contributed by atoms with van der Waals surface area (Å²) in [4.78, 5) is 2.23. The van der Waals surface area contributed by atoms with Gasteiger partial charge in [-0.25, -0.2) is 0 Å². The number of rotatable bonds is 1. The molecule has 0 aromatic rings. The molecule has 0 saturated carbocycles. The maximum Gasteiger partial charge on any atom is 0.0865 e. The number of likely N-dealkylation sites (tertiary alicyclic amines) is 1. The summed E-state index contributed by atoms with van der Waals surface area (Å²) in [5, 5.41) is 8.46. The van der Waals surface area contributed by atoms with Gasteiger partial charge < -0.3 is 0 Å². The molecular formula is C13H28N2. The van der Waals surface area contributed by atoms with E-state index in [0.717, 1.165) is 13.1 Å². The van der Waals surface area contributed by atoms with Crippen molar-refractivity contribution in [1.29, 1.82) is 5.26 Å². The van der Waals surface area contributed by atoms with E-state index in [2.05, 4.69) is 24.8 Å². The van der Waals surface area contributed by atoms with Crippen molar-refractivity contribution in [2.24, 2.45) is 5.41 Å². The molecule has 0 aliphatic carbocycles. The van der Waals surface area contributed by atoms with Gasteiger partial charge in [0.1, 0.15) is 0 Å². The number of piperidine rings is 1. The van der Waals surface area contributed by atoms with E-state index in [1.807, 2.05) is 27.7 Å². The SMILES string of the molecule is CC.CC.CC1(C)CCN(CC#N)CC1. The van der Waals surface area contributed by atoms with Crippen molar-refractivity contribution < 1.29 is 0 Å². The fourth-order valence-corrected chi connectivity index (χ4v) is 1.42. The maximum absolute atomic E-state index is 8.46. The van der Waals surface area contributed by atoms with Crippen LogP contribution in [0, 0.1) is 16.7 Å². The minimum absolute atomic E-state index is 0.506. The lowest BCUT2D eigenvalue weighted by molar-refractivity contribution is 0.145. The average molecular weight is 212 g/mol. The highest BCUT2D eigenvalue weighted by molar-refractivity contribution is 4.83. The van der Waals surface area contributed by atoms with Gasteiger partial charge in [0.2, 0.25) is 0 Å². The summed E-state index contributed by atoms with van der Waals surface area (Å²) in [7, 11) is 0. The second-order valence-corrected chi connectivity index (χ2v) is 4.10. The lowest BCUT2D eigenvalue weighted by Gasteiger charge is -2.35. The van der Waals surface area contributed by atoms with Gasteiger partial charge in [-0.3, -0.25) is 4.90 Å². The van der Waals surface area contributed by atoms with E-state index in [9.17, 15) is 0 Å². The van der Waals surface area contributed by atoms with Crippen LogP contribution in [0.5, 0.6) is 0 Å². The summed E-state index contributed by atoms with van der Waals surface area (Å²) in [6, 6.07) is 2.19. The molecule has 2 heteroatoms. The Balaban J connectivity index is 0. The summed E-state index contributed by atoms with van der Waals surface area (Å²) in [5.74, 6) is 0. The molecule has 0 aromatic carbocycles. The van der Waals surface area contributed by atoms with Gasteiger partial charge in [-0.2, -0.15) is 5.26 Å². The van der Waals surface area contributed by atoms with Gasteiger partial charge >= 0.3 is 0 Å². The van der Waals surface area contributed by atoms with Gasteiger partial charge in [0.15, 0.2) is 0 Å². The van der Waals surface area contributed by atoms with Crippen LogP contribution in [0.1, 0.15) is 54.4 Å². The predicted molar refractivity (Wildman–Crippen MR) is 67.8 cm³/mol. The van der Waals surface area contributed by atoms with Gasteiger partial charge in [-0.05, 0) is 31.3 Å². The zero-order valence-electron chi connectivity index (χ0n) is 11.4. The highest BCUT2D eigenvalue weighted by atomic mass is 15.1. The highest BCUT2D eigenvalue weighted by Crippen LogP contribution is 2.29. The van der Waals surface area contributed by atoms with Crippen LogP contribution >= 0.6 is 0 Å². The molecule has 0 aromatic heterocycles. The van der Waals surface area contributed by atoms with E-state index in [1.165, 1.54) is 12.8 Å². The van der Waals surface area contributed by atoms with Crippen molar-refractivity contribution >= 4 is 0 Å². The minimum atomic E-state index is 0.506. The molecule has 15 heavy (non-hydrogen) atoms. The van der Waals surface area contributed by atoms with Gasteiger partial charge in [0, 0.05) is 0 Å². The van der Waals surface area contributed by atoms with Crippen LogP contribution in [0.2, 0.25) is 0 Å². The first kappa shape index (κ1) is 16.9. The third kappa shape index (κ3) is 8.44. The summed E-state index contributed by atoms with van der Waals surface area (Å²) >= 11 is 0. The smallest absolute Gasteiger partial charge is 0.0865 e. The molecule has 1 aliphatic heterocycles. The number of nitriles is 1. The normalized spacial score (nSPS) is 18.7. The first-order valence-corrected chi connectivity index (χ1v) is 6.23. The Hall–Kier alpha value is -0.550. The number of hydrogen-bond acceptors (Lipinski definition) is 2. The maximum atomic E-state index is 8.46. The molecule has 0 unspecified atom stereocenters. The topological polar surface area (TPSA) is 27.0 Å². The second-order valence-electron chi connectivity index (χ2n) is 4.10. The monoisotopic (exact) mass is 212 g/mol. The fourth-order valence-electron chi connectivity index (χ4n) is 1.42. The molecule has 1 saturated heterocycles. The molecular weight excluding hydrogens is 184 g/mol. The lowest BCUT2D eigenvalue weighted by Crippen LogP contribution is -2.37. The van der Waals surface area contributed by atoms with E-state index in [0.29, 0.717) is 12.0 Å². The van der Waals surface area contributed by atoms with Crippen molar-refractivity contribution in [1.82, 2.24) is 4.90 Å². The molecule has 1 heterocycles. The lowest BCUT2D eigenvalue weighted by atomic mass is 9.83. The standard InChI is InChI=1S/C9H16N2.2C2H6/c1-9(2)3-6-11(7-4-9)8-5-10;2*1-2/h3-4,6-8H2,1-2H3;2*1-2H3. The van der Waals surface area contributed by atoms with E-state index in [1.54, 1.807) is 0 Å². The average Bonchev–Trinajstić information content (AvgIpc) is 2.27. The van der Waals surface area contributed by atoms with Crippen molar-refractivity contribution in [3.8, 4) is 6.07 Å². The third-order valence-electron chi connectivity index (χ3n) is 2.50. The molecule has 90 valence electrons. The molecule has 0 N–H and O–H groups in total. The third-order valence-corrected chi connectivity index (χ3v) is 2.50. The minimum Gasteiger partial charge on any atom is -0.291 e. The summed E-state index contributed by atoms with van der Waals surface area (Å²) in [6.45, 7) is 15.4. The van der Waals surface area contributed by atoms with E-state index >= 15 is 0 Å². The Morgan fingerprint density at radius 2 is 1.47 bits per heavy atom. The van der Waals surface area contributed by atoms with E-state index < -0.39 is 0 Å². The molecule has 2 nitrogen and oxygen atoms in total. The number of hydrogen-bond donors (Lipinski definition) is 0. The van der Waals surface area contributed by atoms with Crippen LogP contribution in [0.3, 0.4) is 0 Å². The Labute approximate surface area is 96.3 Å². The molecule has 0 amide bonds. The molecule has 0 radical (unpaired) electrons. The summed E-state index contributed by atoms with van der Waals surface area (Å²) in [6.07, 6.45) is 2.46. The van der Waals surface area contributed by atoms with Gasteiger partial charge in [-0.15, -0.1) is 0 Å². The Bertz CT molecular complexity index is 158. The van der Waals surface area contributed by atoms with E-state index in [-0.39, 0.29) is 0 Å². The number of nitrogens with zero attached hydrogens (tertiary/aromatic N) is 2.